The van der Waals surface area contributed by atoms with Crippen molar-refractivity contribution in [2.24, 2.45) is 0 Å². The number of rotatable bonds is 2. The van der Waals surface area contributed by atoms with Crippen molar-refractivity contribution >= 4 is 15.8 Å². The van der Waals surface area contributed by atoms with Gasteiger partial charge in [0.2, 0.25) is 0 Å². The molecule has 0 aromatic heterocycles. The van der Waals surface area contributed by atoms with E-state index in [1.54, 1.807) is 6.92 Å². The highest BCUT2D eigenvalue weighted by atomic mass is 32.2. The standard InChI is InChI=1S/C15H23NO3S/c1-10-6-7-13-11(2)9-15(4,5)16(14(13)8-10)12(3)20(17,18)19/h6-8,11-12H,9H2,1-5H3,(H,17,18,19). The third-order valence-electron chi connectivity index (χ3n) is 4.23. The lowest BCUT2D eigenvalue weighted by Gasteiger charge is -2.49. The number of aryl methyl sites for hydroxylation is 1. The fourth-order valence-corrected chi connectivity index (χ4v) is 4.05. The van der Waals surface area contributed by atoms with Crippen molar-refractivity contribution in [3.05, 3.63) is 29.3 Å². The normalized spacial score (nSPS) is 23.3. The van der Waals surface area contributed by atoms with Crippen LogP contribution < -0.4 is 4.90 Å². The zero-order valence-corrected chi connectivity index (χ0v) is 13.5. The van der Waals surface area contributed by atoms with Crippen LogP contribution in [-0.4, -0.2) is 23.9 Å². The van der Waals surface area contributed by atoms with Crippen LogP contribution in [0.2, 0.25) is 0 Å². The molecule has 0 amide bonds. The molecule has 1 aliphatic rings. The van der Waals surface area contributed by atoms with Crippen molar-refractivity contribution in [1.29, 1.82) is 0 Å². The molecular weight excluding hydrogens is 274 g/mol. The summed E-state index contributed by atoms with van der Waals surface area (Å²) in [7, 11) is -4.12. The third-order valence-corrected chi connectivity index (χ3v) is 5.30. The van der Waals surface area contributed by atoms with Crippen LogP contribution in [0.5, 0.6) is 0 Å². The monoisotopic (exact) mass is 297 g/mol. The van der Waals surface area contributed by atoms with Gasteiger partial charge in [-0.3, -0.25) is 4.55 Å². The zero-order valence-electron chi connectivity index (χ0n) is 12.7. The maximum Gasteiger partial charge on any atom is 0.286 e. The summed E-state index contributed by atoms with van der Waals surface area (Å²) in [5.41, 5.74) is 2.82. The predicted octanol–water partition coefficient (Wildman–Crippen LogP) is 3.32. The molecule has 1 aromatic carbocycles. The topological polar surface area (TPSA) is 57.6 Å². The second-order valence-electron chi connectivity index (χ2n) is 6.46. The van der Waals surface area contributed by atoms with Gasteiger partial charge in [-0.1, -0.05) is 19.1 Å². The molecule has 0 spiro atoms. The van der Waals surface area contributed by atoms with Gasteiger partial charge in [0.05, 0.1) is 0 Å². The van der Waals surface area contributed by atoms with Crippen LogP contribution >= 0.6 is 0 Å². The van der Waals surface area contributed by atoms with Gasteiger partial charge in [-0.25, -0.2) is 0 Å². The highest BCUT2D eigenvalue weighted by Crippen LogP contribution is 2.45. The third kappa shape index (κ3) is 2.56. The molecule has 0 aliphatic carbocycles. The Balaban J connectivity index is 2.65. The Morgan fingerprint density at radius 1 is 1.40 bits per heavy atom. The van der Waals surface area contributed by atoms with Crippen LogP contribution in [0.3, 0.4) is 0 Å². The second-order valence-corrected chi connectivity index (χ2v) is 8.18. The van der Waals surface area contributed by atoms with Gasteiger partial charge in [0.25, 0.3) is 10.1 Å². The van der Waals surface area contributed by atoms with E-state index < -0.39 is 15.5 Å². The summed E-state index contributed by atoms with van der Waals surface area (Å²) in [6.45, 7) is 9.74. The maximum absolute atomic E-state index is 11.6. The lowest BCUT2D eigenvalue weighted by atomic mass is 9.80. The van der Waals surface area contributed by atoms with Gasteiger partial charge in [0, 0.05) is 11.2 Å². The molecule has 1 N–H and O–H groups in total. The van der Waals surface area contributed by atoms with E-state index in [4.69, 9.17) is 0 Å². The van der Waals surface area contributed by atoms with Crippen molar-refractivity contribution < 1.29 is 13.0 Å². The van der Waals surface area contributed by atoms with Gasteiger partial charge in [-0.05, 0) is 57.2 Å². The molecule has 112 valence electrons. The molecule has 20 heavy (non-hydrogen) atoms. The van der Waals surface area contributed by atoms with Crippen LogP contribution in [0.25, 0.3) is 0 Å². The van der Waals surface area contributed by atoms with Crippen molar-refractivity contribution in [2.75, 3.05) is 4.90 Å². The molecule has 1 aromatic rings. The molecule has 2 unspecified atom stereocenters. The van der Waals surface area contributed by atoms with Crippen LogP contribution in [0, 0.1) is 6.92 Å². The largest absolute Gasteiger partial charge is 0.348 e. The molecule has 0 saturated heterocycles. The highest BCUT2D eigenvalue weighted by Gasteiger charge is 2.42. The van der Waals surface area contributed by atoms with Crippen molar-refractivity contribution in [3.63, 3.8) is 0 Å². The Hall–Kier alpha value is -1.07. The van der Waals surface area contributed by atoms with E-state index in [0.717, 1.165) is 23.2 Å². The minimum absolute atomic E-state index is 0.324. The first-order chi connectivity index (χ1) is 9.04. The van der Waals surface area contributed by atoms with Gasteiger partial charge in [0.1, 0.15) is 0 Å². The molecule has 1 heterocycles. The Morgan fingerprint density at radius 3 is 2.55 bits per heavy atom. The minimum atomic E-state index is -4.12. The summed E-state index contributed by atoms with van der Waals surface area (Å²) >= 11 is 0. The van der Waals surface area contributed by atoms with Crippen molar-refractivity contribution in [3.8, 4) is 0 Å². The van der Waals surface area contributed by atoms with Gasteiger partial charge in [-0.15, -0.1) is 0 Å². The van der Waals surface area contributed by atoms with E-state index >= 15 is 0 Å². The predicted molar refractivity (Wildman–Crippen MR) is 81.8 cm³/mol. The first kappa shape index (κ1) is 15.3. The highest BCUT2D eigenvalue weighted by molar-refractivity contribution is 7.86. The van der Waals surface area contributed by atoms with Crippen LogP contribution in [-0.2, 0) is 10.1 Å². The lowest BCUT2D eigenvalue weighted by molar-refractivity contribution is 0.360. The Morgan fingerprint density at radius 2 is 2.00 bits per heavy atom. The van der Waals surface area contributed by atoms with Crippen LogP contribution in [0.4, 0.5) is 5.69 Å². The molecule has 0 radical (unpaired) electrons. The van der Waals surface area contributed by atoms with E-state index in [1.807, 2.05) is 37.8 Å². The Kier molecular flexibility index (Phi) is 3.63. The zero-order chi connectivity index (χ0) is 15.3. The summed E-state index contributed by atoms with van der Waals surface area (Å²) in [6, 6.07) is 6.12. The molecule has 2 atom stereocenters. The minimum Gasteiger partial charge on any atom is -0.348 e. The number of benzene rings is 1. The quantitative estimate of drug-likeness (QED) is 0.851. The molecule has 1 aliphatic heterocycles. The maximum atomic E-state index is 11.6. The van der Waals surface area contributed by atoms with Gasteiger partial charge < -0.3 is 4.90 Å². The second kappa shape index (κ2) is 4.74. The smallest absolute Gasteiger partial charge is 0.286 e. The Bertz CT molecular complexity index is 622. The molecule has 2 rings (SSSR count). The number of fused-ring (bicyclic) bond motifs is 1. The fourth-order valence-electron chi connectivity index (χ4n) is 3.38. The van der Waals surface area contributed by atoms with E-state index in [1.165, 1.54) is 0 Å². The van der Waals surface area contributed by atoms with E-state index in [0.29, 0.717) is 5.92 Å². The summed E-state index contributed by atoms with van der Waals surface area (Å²) in [6.07, 6.45) is 0.850. The fraction of sp³-hybridized carbons (Fsp3) is 0.600. The molecule has 0 bridgehead atoms. The lowest BCUT2D eigenvalue weighted by Crippen LogP contribution is -2.55. The van der Waals surface area contributed by atoms with E-state index in [9.17, 15) is 13.0 Å². The molecule has 0 saturated carbocycles. The molecular formula is C15H23NO3S. The summed E-state index contributed by atoms with van der Waals surface area (Å²) in [4.78, 5) is 1.84. The number of hydrogen-bond donors (Lipinski definition) is 1. The Labute approximate surface area is 121 Å². The number of nitrogens with zero attached hydrogens (tertiary/aromatic N) is 1. The SMILES string of the molecule is Cc1ccc2c(c1)N(C(C)S(=O)(=O)O)C(C)(C)CC2C. The average Bonchev–Trinajstić information content (AvgIpc) is 2.25. The summed E-state index contributed by atoms with van der Waals surface area (Å²) in [5, 5.41) is -0.953. The van der Waals surface area contributed by atoms with Crippen LogP contribution in [0.15, 0.2) is 18.2 Å². The van der Waals surface area contributed by atoms with Crippen molar-refractivity contribution in [2.45, 2.75) is 57.9 Å². The first-order valence-corrected chi connectivity index (χ1v) is 8.40. The number of hydrogen-bond acceptors (Lipinski definition) is 3. The van der Waals surface area contributed by atoms with Gasteiger partial charge in [0.15, 0.2) is 5.37 Å². The molecule has 0 fully saturated rings. The summed E-state index contributed by atoms with van der Waals surface area (Å²) in [5.74, 6) is 0.366. The first-order valence-electron chi connectivity index (χ1n) is 6.90. The van der Waals surface area contributed by atoms with Gasteiger partial charge >= 0.3 is 0 Å². The average molecular weight is 297 g/mol. The van der Waals surface area contributed by atoms with E-state index in [2.05, 4.69) is 13.0 Å². The van der Waals surface area contributed by atoms with Gasteiger partial charge in [-0.2, -0.15) is 8.42 Å². The molecule has 4 nitrogen and oxygen atoms in total. The molecule has 5 heteroatoms. The number of anilines is 1. The van der Waals surface area contributed by atoms with E-state index in [-0.39, 0.29) is 5.54 Å². The van der Waals surface area contributed by atoms with Crippen molar-refractivity contribution in [1.82, 2.24) is 0 Å². The summed E-state index contributed by atoms with van der Waals surface area (Å²) < 4.78 is 32.7. The van der Waals surface area contributed by atoms with Crippen LogP contribution in [0.1, 0.15) is 51.2 Å².